The summed E-state index contributed by atoms with van der Waals surface area (Å²) in [6.45, 7) is 2.41. The van der Waals surface area contributed by atoms with E-state index in [1.165, 1.54) is 35.5 Å². The standard InChI is InChI=1S/C25H23ClF3N3O4S/c1-16-22(26)14-21(24(34)32(16)19-6-4-5-18(13-19)25(27,28)29)23(33)30-15-17-7-9-20(10-8-17)37(35,36)31-11-2-3-12-31/h4-10,13-14H,2-3,11-12,15H2,1H3,(H,30,33). The van der Waals surface area contributed by atoms with E-state index in [-0.39, 0.29) is 33.4 Å². The second kappa shape index (κ2) is 10.3. The van der Waals surface area contributed by atoms with Crippen LogP contribution in [0.5, 0.6) is 0 Å². The summed E-state index contributed by atoms with van der Waals surface area (Å²) in [5.41, 5.74) is -1.43. The molecule has 1 amide bonds. The van der Waals surface area contributed by atoms with Gasteiger partial charge in [-0.05, 0) is 61.7 Å². The van der Waals surface area contributed by atoms with Crippen molar-refractivity contribution in [2.24, 2.45) is 0 Å². The minimum absolute atomic E-state index is 0.0165. The molecule has 196 valence electrons. The molecule has 1 aliphatic rings. The van der Waals surface area contributed by atoms with E-state index in [0.29, 0.717) is 18.7 Å². The molecule has 0 bridgehead atoms. The number of hydrogen-bond donors (Lipinski definition) is 1. The number of carbonyl (C=O) groups is 1. The molecule has 0 spiro atoms. The minimum atomic E-state index is -4.62. The Morgan fingerprint density at radius 3 is 2.32 bits per heavy atom. The molecule has 0 radical (unpaired) electrons. The van der Waals surface area contributed by atoms with Crippen LogP contribution in [0.3, 0.4) is 0 Å². The van der Waals surface area contributed by atoms with E-state index in [1.54, 1.807) is 12.1 Å². The summed E-state index contributed by atoms with van der Waals surface area (Å²) in [5, 5.41) is 2.61. The second-order valence-corrected chi connectivity index (χ2v) is 11.0. The van der Waals surface area contributed by atoms with Crippen molar-refractivity contribution in [3.05, 3.63) is 92.4 Å². The number of hydrogen-bond acceptors (Lipinski definition) is 4. The third-order valence-corrected chi connectivity index (χ3v) is 8.44. The number of benzene rings is 2. The Balaban J connectivity index is 1.56. The molecule has 3 aromatic rings. The average molecular weight is 554 g/mol. The number of alkyl halides is 3. The summed E-state index contributed by atoms with van der Waals surface area (Å²) in [4.78, 5) is 26.1. The van der Waals surface area contributed by atoms with Crippen molar-refractivity contribution < 1.29 is 26.4 Å². The van der Waals surface area contributed by atoms with Gasteiger partial charge in [-0.3, -0.25) is 14.2 Å². The fourth-order valence-corrected chi connectivity index (χ4v) is 5.81. The van der Waals surface area contributed by atoms with Gasteiger partial charge in [0, 0.05) is 31.0 Å². The van der Waals surface area contributed by atoms with Gasteiger partial charge < -0.3 is 5.32 Å². The highest BCUT2D eigenvalue weighted by Crippen LogP contribution is 2.31. The van der Waals surface area contributed by atoms with Crippen molar-refractivity contribution in [3.8, 4) is 5.69 Å². The van der Waals surface area contributed by atoms with Crippen LogP contribution in [0.4, 0.5) is 13.2 Å². The molecule has 2 aromatic carbocycles. The molecule has 4 rings (SSSR count). The Morgan fingerprint density at radius 2 is 1.70 bits per heavy atom. The number of nitrogens with zero attached hydrogens (tertiary/aromatic N) is 2. The van der Waals surface area contributed by atoms with Gasteiger partial charge in [0.25, 0.3) is 11.5 Å². The van der Waals surface area contributed by atoms with Crippen LogP contribution in [0.1, 0.15) is 40.0 Å². The average Bonchev–Trinajstić information content (AvgIpc) is 3.41. The number of halogens is 4. The number of aromatic nitrogens is 1. The first kappa shape index (κ1) is 26.9. The molecule has 0 aliphatic carbocycles. The predicted octanol–water partition coefficient (Wildman–Crippen LogP) is 4.53. The van der Waals surface area contributed by atoms with Crippen molar-refractivity contribution in [3.63, 3.8) is 0 Å². The number of nitrogens with one attached hydrogen (secondary N) is 1. The van der Waals surface area contributed by atoms with Crippen molar-refractivity contribution in [2.75, 3.05) is 13.1 Å². The molecule has 1 N–H and O–H groups in total. The monoisotopic (exact) mass is 553 g/mol. The van der Waals surface area contributed by atoms with E-state index in [4.69, 9.17) is 11.6 Å². The van der Waals surface area contributed by atoms with Gasteiger partial charge in [0.2, 0.25) is 10.0 Å². The van der Waals surface area contributed by atoms with Crippen molar-refractivity contribution in [1.82, 2.24) is 14.2 Å². The maximum Gasteiger partial charge on any atom is 0.416 e. The van der Waals surface area contributed by atoms with Crippen LogP contribution in [0.25, 0.3) is 5.69 Å². The zero-order valence-electron chi connectivity index (χ0n) is 19.7. The van der Waals surface area contributed by atoms with Gasteiger partial charge in [0.15, 0.2) is 0 Å². The topological polar surface area (TPSA) is 88.5 Å². The van der Waals surface area contributed by atoms with Crippen molar-refractivity contribution in [1.29, 1.82) is 0 Å². The molecule has 1 aromatic heterocycles. The molecule has 1 saturated heterocycles. The Bertz CT molecular complexity index is 1500. The minimum Gasteiger partial charge on any atom is -0.348 e. The van der Waals surface area contributed by atoms with Gasteiger partial charge in [-0.15, -0.1) is 0 Å². The van der Waals surface area contributed by atoms with Crippen LogP contribution in [0.15, 0.2) is 64.3 Å². The molecule has 1 fully saturated rings. The smallest absolute Gasteiger partial charge is 0.348 e. The highest BCUT2D eigenvalue weighted by Gasteiger charge is 2.31. The molecule has 2 heterocycles. The highest BCUT2D eigenvalue weighted by molar-refractivity contribution is 7.89. The largest absolute Gasteiger partial charge is 0.416 e. The number of pyridine rings is 1. The van der Waals surface area contributed by atoms with Gasteiger partial charge in [-0.25, -0.2) is 8.42 Å². The Labute approximate surface area is 216 Å². The molecule has 7 nitrogen and oxygen atoms in total. The van der Waals surface area contributed by atoms with Crippen LogP contribution < -0.4 is 10.9 Å². The van der Waals surface area contributed by atoms with E-state index in [1.807, 2.05) is 0 Å². The quantitative estimate of drug-likeness (QED) is 0.486. The fraction of sp³-hybridized carbons (Fsp3) is 0.280. The molecule has 12 heteroatoms. The zero-order chi connectivity index (χ0) is 27.0. The van der Waals surface area contributed by atoms with Crippen LogP contribution in [0, 0.1) is 6.92 Å². The second-order valence-electron chi connectivity index (χ2n) is 8.62. The normalized spacial score (nSPS) is 14.6. The lowest BCUT2D eigenvalue weighted by atomic mass is 10.1. The predicted molar refractivity (Wildman–Crippen MR) is 132 cm³/mol. The Kier molecular flexibility index (Phi) is 7.50. The molecular formula is C25H23ClF3N3O4S. The molecular weight excluding hydrogens is 531 g/mol. The Hall–Kier alpha value is -3.15. The summed E-state index contributed by atoms with van der Waals surface area (Å²) in [6, 6.07) is 11.4. The van der Waals surface area contributed by atoms with E-state index in [2.05, 4.69) is 5.32 Å². The number of amides is 1. The van der Waals surface area contributed by atoms with Crippen molar-refractivity contribution in [2.45, 2.75) is 37.4 Å². The zero-order valence-corrected chi connectivity index (χ0v) is 21.3. The van der Waals surface area contributed by atoms with Gasteiger partial charge in [0.1, 0.15) is 5.56 Å². The first-order chi connectivity index (χ1) is 17.4. The van der Waals surface area contributed by atoms with E-state index >= 15 is 0 Å². The molecule has 37 heavy (non-hydrogen) atoms. The van der Waals surface area contributed by atoms with Gasteiger partial charge in [-0.2, -0.15) is 17.5 Å². The molecule has 0 saturated carbocycles. The number of carbonyl (C=O) groups excluding carboxylic acids is 1. The summed E-state index contributed by atoms with van der Waals surface area (Å²) >= 11 is 6.22. The maximum atomic E-state index is 13.2. The third kappa shape index (κ3) is 5.58. The van der Waals surface area contributed by atoms with Gasteiger partial charge in [0.05, 0.1) is 15.5 Å². The third-order valence-electron chi connectivity index (χ3n) is 6.14. The lowest BCUT2D eigenvalue weighted by Crippen LogP contribution is -2.33. The van der Waals surface area contributed by atoms with Crippen molar-refractivity contribution >= 4 is 27.5 Å². The maximum absolute atomic E-state index is 13.2. The summed E-state index contributed by atoms with van der Waals surface area (Å²) in [7, 11) is -3.57. The Morgan fingerprint density at radius 1 is 1.05 bits per heavy atom. The van der Waals surface area contributed by atoms with E-state index < -0.39 is 33.2 Å². The highest BCUT2D eigenvalue weighted by atomic mass is 35.5. The summed E-state index contributed by atoms with van der Waals surface area (Å²) < 4.78 is 67.3. The fourth-order valence-electron chi connectivity index (χ4n) is 4.10. The molecule has 0 atom stereocenters. The number of rotatable bonds is 6. The molecule has 0 unspecified atom stereocenters. The SMILES string of the molecule is Cc1c(Cl)cc(C(=O)NCc2ccc(S(=O)(=O)N3CCCC3)cc2)c(=O)n1-c1cccc(C(F)(F)F)c1. The van der Waals surface area contributed by atoms with Gasteiger partial charge in [-0.1, -0.05) is 29.8 Å². The summed E-state index contributed by atoms with van der Waals surface area (Å²) in [6.07, 6.45) is -2.97. The molecule has 1 aliphatic heterocycles. The first-order valence-electron chi connectivity index (χ1n) is 11.4. The van der Waals surface area contributed by atoms with Crippen LogP contribution in [0.2, 0.25) is 5.02 Å². The van der Waals surface area contributed by atoms with Crippen LogP contribution >= 0.6 is 11.6 Å². The van der Waals surface area contributed by atoms with Gasteiger partial charge >= 0.3 is 6.18 Å². The van der Waals surface area contributed by atoms with Crippen LogP contribution in [-0.2, 0) is 22.7 Å². The van der Waals surface area contributed by atoms with E-state index in [0.717, 1.165) is 35.6 Å². The van der Waals surface area contributed by atoms with Crippen LogP contribution in [-0.4, -0.2) is 36.3 Å². The van der Waals surface area contributed by atoms with E-state index in [9.17, 15) is 31.2 Å². The summed E-state index contributed by atoms with van der Waals surface area (Å²) in [5.74, 6) is -0.776. The lowest BCUT2D eigenvalue weighted by Gasteiger charge is -2.16. The first-order valence-corrected chi connectivity index (χ1v) is 13.2. The lowest BCUT2D eigenvalue weighted by molar-refractivity contribution is -0.137. The number of sulfonamides is 1.